The number of nitrogens with zero attached hydrogens (tertiary/aromatic N) is 2. The highest BCUT2D eigenvalue weighted by molar-refractivity contribution is 14.0. The van der Waals surface area contributed by atoms with Crippen molar-refractivity contribution >= 4 is 63.5 Å². The summed E-state index contributed by atoms with van der Waals surface area (Å²) in [6.07, 6.45) is 4.32. The fourth-order valence-electron chi connectivity index (χ4n) is 2.14. The molecule has 24 heavy (non-hydrogen) atoms. The number of hydrogen-bond donors (Lipinski definition) is 2. The van der Waals surface area contributed by atoms with Crippen molar-refractivity contribution < 1.29 is 8.42 Å². The van der Waals surface area contributed by atoms with Crippen LogP contribution in [0, 0.1) is 0 Å². The summed E-state index contributed by atoms with van der Waals surface area (Å²) in [4.78, 5) is 4.49. The van der Waals surface area contributed by atoms with Gasteiger partial charge in [-0.1, -0.05) is 0 Å². The van der Waals surface area contributed by atoms with Crippen LogP contribution in [0.25, 0.3) is 0 Å². The van der Waals surface area contributed by atoms with Crippen LogP contribution >= 0.6 is 47.5 Å². The normalized spacial score (nSPS) is 16.5. The summed E-state index contributed by atoms with van der Waals surface area (Å²) in [5.41, 5.74) is 0. The number of hydrogen-bond acceptors (Lipinski definition) is 5. The van der Waals surface area contributed by atoms with Gasteiger partial charge in [-0.2, -0.15) is 23.5 Å². The van der Waals surface area contributed by atoms with Gasteiger partial charge in [-0.05, 0) is 31.8 Å². The van der Waals surface area contributed by atoms with Crippen LogP contribution in [0.5, 0.6) is 0 Å². The number of thioether (sulfide) groups is 2. The minimum atomic E-state index is -3.15. The van der Waals surface area contributed by atoms with Crippen LogP contribution in [0.15, 0.2) is 4.99 Å². The molecule has 0 aliphatic carbocycles. The highest BCUT2D eigenvalue weighted by Gasteiger charge is 2.23. The topological polar surface area (TPSA) is 73.8 Å². The molecular weight excluding hydrogens is 479 g/mol. The van der Waals surface area contributed by atoms with Crippen molar-refractivity contribution in [3.05, 3.63) is 0 Å². The second-order valence-electron chi connectivity index (χ2n) is 5.21. The van der Waals surface area contributed by atoms with Crippen LogP contribution in [0.1, 0.15) is 19.8 Å². The van der Waals surface area contributed by atoms with Gasteiger partial charge in [0.2, 0.25) is 10.0 Å². The van der Waals surface area contributed by atoms with E-state index >= 15 is 0 Å². The van der Waals surface area contributed by atoms with Crippen LogP contribution in [-0.4, -0.2) is 80.7 Å². The first kappa shape index (κ1) is 24.6. The molecule has 6 nitrogen and oxygen atoms in total. The van der Waals surface area contributed by atoms with Gasteiger partial charge in [0.1, 0.15) is 0 Å². The Kier molecular flexibility index (Phi) is 15.1. The second kappa shape index (κ2) is 14.7. The quantitative estimate of drug-likeness (QED) is 0.202. The molecule has 0 aromatic rings. The molecule has 1 aliphatic rings. The van der Waals surface area contributed by atoms with Crippen molar-refractivity contribution in [1.29, 1.82) is 0 Å². The van der Waals surface area contributed by atoms with E-state index in [2.05, 4.69) is 21.9 Å². The Hall–Kier alpha value is 0.610. The molecule has 0 radical (unpaired) electrons. The second-order valence-corrected chi connectivity index (χ2v) is 9.51. The van der Waals surface area contributed by atoms with Crippen molar-refractivity contribution in [2.24, 2.45) is 4.99 Å². The third-order valence-electron chi connectivity index (χ3n) is 3.39. The zero-order valence-corrected chi connectivity index (χ0v) is 19.4. The molecule has 0 unspecified atom stereocenters. The average Bonchev–Trinajstić information content (AvgIpc) is 2.55. The Morgan fingerprint density at radius 3 is 2.58 bits per heavy atom. The molecule has 1 heterocycles. The predicted molar refractivity (Wildman–Crippen MR) is 120 cm³/mol. The minimum absolute atomic E-state index is 0. The number of guanidine groups is 1. The smallest absolute Gasteiger partial charge is 0.215 e. The molecule has 0 saturated carbocycles. The summed E-state index contributed by atoms with van der Waals surface area (Å²) >= 11 is 3.66. The molecule has 0 spiro atoms. The standard InChI is InChI=1S/C14H30N4O2S3.HI/c1-3-15-14(16-6-4-5-10-21-2)17-7-13-23(19,20)18-8-11-22-12-9-18;/h3-13H2,1-2H3,(H2,15,16,17);1H. The summed E-state index contributed by atoms with van der Waals surface area (Å²) in [6, 6.07) is 0. The number of rotatable bonds is 10. The lowest BCUT2D eigenvalue weighted by molar-refractivity contribution is 0.443. The fourth-order valence-corrected chi connectivity index (χ4v) is 5.13. The maximum absolute atomic E-state index is 12.3. The lowest BCUT2D eigenvalue weighted by atomic mass is 10.3. The highest BCUT2D eigenvalue weighted by Crippen LogP contribution is 2.12. The third-order valence-corrected chi connectivity index (χ3v) is 6.90. The number of aliphatic imine (C=N–C) groups is 1. The Bertz CT molecular complexity index is 443. The largest absolute Gasteiger partial charge is 0.357 e. The van der Waals surface area contributed by atoms with Gasteiger partial charge in [-0.25, -0.2) is 12.7 Å². The molecule has 1 fully saturated rings. The Balaban J connectivity index is 0.00000529. The van der Waals surface area contributed by atoms with E-state index in [9.17, 15) is 8.42 Å². The van der Waals surface area contributed by atoms with Crippen LogP contribution < -0.4 is 10.6 Å². The van der Waals surface area contributed by atoms with Gasteiger partial charge in [-0.15, -0.1) is 24.0 Å². The van der Waals surface area contributed by atoms with E-state index < -0.39 is 10.0 Å². The molecule has 1 aliphatic heterocycles. The SMILES string of the molecule is CCNC(=NCCCCSC)NCCS(=O)(=O)N1CCSCC1.I. The van der Waals surface area contributed by atoms with Gasteiger partial charge in [0.15, 0.2) is 5.96 Å². The molecular formula is C14H31IN4O2S3. The van der Waals surface area contributed by atoms with E-state index in [0.717, 1.165) is 43.2 Å². The molecule has 1 saturated heterocycles. The minimum Gasteiger partial charge on any atom is -0.357 e. The average molecular weight is 511 g/mol. The van der Waals surface area contributed by atoms with Crippen molar-refractivity contribution in [2.75, 3.05) is 62.0 Å². The maximum Gasteiger partial charge on any atom is 0.215 e. The van der Waals surface area contributed by atoms with E-state index in [4.69, 9.17) is 0 Å². The third kappa shape index (κ3) is 10.6. The van der Waals surface area contributed by atoms with E-state index in [-0.39, 0.29) is 29.7 Å². The lowest BCUT2D eigenvalue weighted by Gasteiger charge is -2.25. The zero-order valence-electron chi connectivity index (χ0n) is 14.6. The van der Waals surface area contributed by atoms with Crippen LogP contribution in [-0.2, 0) is 10.0 Å². The van der Waals surface area contributed by atoms with Crippen LogP contribution in [0.4, 0.5) is 0 Å². The molecule has 0 atom stereocenters. The van der Waals surface area contributed by atoms with Crippen LogP contribution in [0.3, 0.4) is 0 Å². The van der Waals surface area contributed by atoms with Gasteiger partial charge in [0.05, 0.1) is 5.75 Å². The number of halogens is 1. The molecule has 0 aromatic heterocycles. The van der Waals surface area contributed by atoms with Gasteiger partial charge < -0.3 is 10.6 Å². The number of sulfonamides is 1. The molecule has 2 N–H and O–H groups in total. The Morgan fingerprint density at radius 2 is 1.96 bits per heavy atom. The number of nitrogens with one attached hydrogen (secondary N) is 2. The highest BCUT2D eigenvalue weighted by atomic mass is 127. The lowest BCUT2D eigenvalue weighted by Crippen LogP contribution is -2.44. The first-order valence-electron chi connectivity index (χ1n) is 8.17. The van der Waals surface area contributed by atoms with Gasteiger partial charge in [0, 0.05) is 44.2 Å². The van der Waals surface area contributed by atoms with Gasteiger partial charge in [0.25, 0.3) is 0 Å². The summed E-state index contributed by atoms with van der Waals surface area (Å²) in [5, 5.41) is 6.29. The fraction of sp³-hybridized carbons (Fsp3) is 0.929. The summed E-state index contributed by atoms with van der Waals surface area (Å²) in [7, 11) is -3.15. The van der Waals surface area contributed by atoms with Crippen molar-refractivity contribution in [3.63, 3.8) is 0 Å². The van der Waals surface area contributed by atoms with E-state index in [0.29, 0.717) is 25.6 Å². The van der Waals surface area contributed by atoms with Gasteiger partial charge in [-0.3, -0.25) is 4.99 Å². The summed E-state index contributed by atoms with van der Waals surface area (Å²) in [6.45, 7) is 5.21. The van der Waals surface area contributed by atoms with Crippen molar-refractivity contribution in [3.8, 4) is 0 Å². The predicted octanol–water partition coefficient (Wildman–Crippen LogP) is 1.68. The molecule has 0 aromatic carbocycles. The Morgan fingerprint density at radius 1 is 1.25 bits per heavy atom. The maximum atomic E-state index is 12.3. The number of unbranched alkanes of at least 4 members (excludes halogenated alkanes) is 1. The first-order valence-corrected chi connectivity index (χ1v) is 12.3. The summed E-state index contributed by atoms with van der Waals surface area (Å²) < 4.78 is 26.2. The van der Waals surface area contributed by atoms with Gasteiger partial charge >= 0.3 is 0 Å². The molecule has 0 bridgehead atoms. The van der Waals surface area contributed by atoms with E-state index in [1.807, 2.05) is 30.4 Å². The first-order chi connectivity index (χ1) is 11.1. The molecule has 1 rings (SSSR count). The Labute approximate surface area is 172 Å². The van der Waals surface area contributed by atoms with Crippen LogP contribution in [0.2, 0.25) is 0 Å². The zero-order chi connectivity index (χ0) is 17.0. The van der Waals surface area contributed by atoms with E-state index in [1.165, 1.54) is 0 Å². The molecule has 0 amide bonds. The monoisotopic (exact) mass is 510 g/mol. The molecule has 144 valence electrons. The van der Waals surface area contributed by atoms with E-state index in [1.54, 1.807) is 4.31 Å². The van der Waals surface area contributed by atoms with Crippen molar-refractivity contribution in [2.45, 2.75) is 19.8 Å². The summed E-state index contributed by atoms with van der Waals surface area (Å²) in [5.74, 6) is 3.78. The molecule has 10 heteroatoms. The van der Waals surface area contributed by atoms with Crippen molar-refractivity contribution in [1.82, 2.24) is 14.9 Å².